The smallest absolute Gasteiger partial charge is 0.318 e. The lowest BCUT2D eigenvalue weighted by Gasteiger charge is -2.42. The molecule has 11 heteroatoms. The Morgan fingerprint density at radius 3 is 2.95 bits per heavy atom. The third-order valence-corrected chi connectivity index (χ3v) is 8.71. The van der Waals surface area contributed by atoms with Crippen molar-refractivity contribution in [2.24, 2.45) is 0 Å². The van der Waals surface area contributed by atoms with E-state index in [1.165, 1.54) is 6.08 Å². The minimum absolute atomic E-state index is 0.158. The maximum atomic E-state index is 12.5. The zero-order chi connectivity index (χ0) is 28.5. The molecule has 3 atom stereocenters. The average Bonchev–Trinajstić information content (AvgIpc) is 3.63. The fraction of sp³-hybridized carbons (Fsp3) is 0.500. The zero-order valence-electron chi connectivity index (χ0n) is 23.7. The van der Waals surface area contributed by atoms with Gasteiger partial charge in [0.25, 0.3) is 0 Å². The highest BCUT2D eigenvalue weighted by atomic mass is 16.5. The van der Waals surface area contributed by atoms with Crippen molar-refractivity contribution in [3.05, 3.63) is 53.4 Å². The van der Waals surface area contributed by atoms with Crippen LogP contribution in [0.15, 0.2) is 31.0 Å². The van der Waals surface area contributed by atoms with Crippen LogP contribution in [0.1, 0.15) is 47.8 Å². The lowest BCUT2D eigenvalue weighted by atomic mass is 9.93. The highest BCUT2D eigenvalue weighted by Crippen LogP contribution is 2.39. The van der Waals surface area contributed by atoms with Gasteiger partial charge in [-0.25, -0.2) is 0 Å². The van der Waals surface area contributed by atoms with Crippen LogP contribution < -0.4 is 9.64 Å². The summed E-state index contributed by atoms with van der Waals surface area (Å²) in [5, 5.41) is 17.9. The Balaban J connectivity index is 1.34. The first kappa shape index (κ1) is 27.2. The summed E-state index contributed by atoms with van der Waals surface area (Å²) < 4.78 is 12.8. The number of aromatic nitrogens is 4. The van der Waals surface area contributed by atoms with Crippen molar-refractivity contribution in [1.29, 1.82) is 5.26 Å². The molecule has 2 saturated heterocycles. The molecule has 6 rings (SSSR count). The summed E-state index contributed by atoms with van der Waals surface area (Å²) in [6.07, 6.45) is 6.04. The number of benzene rings is 1. The first-order valence-electron chi connectivity index (χ1n) is 14.3. The number of H-pyrrole nitrogens is 1. The largest absolute Gasteiger partial charge is 0.462 e. The number of aromatic amines is 1. The lowest BCUT2D eigenvalue weighted by molar-refractivity contribution is -0.128. The van der Waals surface area contributed by atoms with Crippen molar-refractivity contribution in [3.63, 3.8) is 0 Å². The summed E-state index contributed by atoms with van der Waals surface area (Å²) in [5.74, 6) is 0.601. The maximum Gasteiger partial charge on any atom is 0.318 e. The minimum atomic E-state index is -0.264. The number of hydrogen-bond donors (Lipinski definition) is 1. The molecule has 3 aromatic rings. The Bertz CT molecular complexity index is 1500. The Labute approximate surface area is 239 Å². The van der Waals surface area contributed by atoms with Crippen molar-refractivity contribution in [1.82, 2.24) is 30.0 Å². The number of likely N-dealkylation sites (tertiary alicyclic amines) is 1. The third-order valence-electron chi connectivity index (χ3n) is 8.71. The molecule has 3 aliphatic rings. The molecule has 1 unspecified atom stereocenters. The molecule has 0 saturated carbocycles. The highest BCUT2D eigenvalue weighted by molar-refractivity contribution is 5.87. The van der Waals surface area contributed by atoms with Crippen LogP contribution in [0, 0.1) is 18.3 Å². The van der Waals surface area contributed by atoms with Crippen molar-refractivity contribution in [2.45, 2.75) is 57.4 Å². The summed E-state index contributed by atoms with van der Waals surface area (Å²) in [7, 11) is 2.13. The van der Waals surface area contributed by atoms with Gasteiger partial charge in [0.1, 0.15) is 12.4 Å². The Kier molecular flexibility index (Phi) is 7.60. The van der Waals surface area contributed by atoms with Crippen LogP contribution in [0.3, 0.4) is 0 Å². The number of ether oxygens (including phenoxy) is 2. The molecular weight excluding hydrogens is 520 g/mol. The lowest BCUT2D eigenvalue weighted by Crippen LogP contribution is -2.55. The van der Waals surface area contributed by atoms with Gasteiger partial charge >= 0.3 is 6.01 Å². The highest BCUT2D eigenvalue weighted by Gasteiger charge is 2.35. The van der Waals surface area contributed by atoms with E-state index in [0.29, 0.717) is 51.3 Å². The normalized spacial score (nSPS) is 22.9. The molecule has 41 heavy (non-hydrogen) atoms. The van der Waals surface area contributed by atoms with E-state index < -0.39 is 0 Å². The van der Waals surface area contributed by atoms with Crippen LogP contribution in [0.2, 0.25) is 0 Å². The van der Waals surface area contributed by atoms with Gasteiger partial charge in [-0.1, -0.05) is 12.6 Å². The number of nitrogens with zero attached hydrogens (tertiary/aromatic N) is 7. The van der Waals surface area contributed by atoms with Crippen LogP contribution in [0.5, 0.6) is 6.01 Å². The topological polar surface area (TPSA) is 124 Å². The quantitative estimate of drug-likeness (QED) is 0.437. The van der Waals surface area contributed by atoms with E-state index in [4.69, 9.17) is 19.4 Å². The first-order chi connectivity index (χ1) is 20.0. The van der Waals surface area contributed by atoms with Gasteiger partial charge in [0, 0.05) is 43.0 Å². The Morgan fingerprint density at radius 1 is 1.29 bits per heavy atom. The molecule has 11 nitrogen and oxygen atoms in total. The van der Waals surface area contributed by atoms with Crippen LogP contribution in [-0.2, 0) is 22.6 Å². The molecule has 0 aliphatic carbocycles. The molecule has 0 radical (unpaired) electrons. The summed E-state index contributed by atoms with van der Waals surface area (Å²) in [4.78, 5) is 28.5. The molecule has 214 valence electrons. The molecule has 5 heterocycles. The van der Waals surface area contributed by atoms with E-state index in [9.17, 15) is 10.1 Å². The minimum Gasteiger partial charge on any atom is -0.462 e. The maximum absolute atomic E-state index is 12.5. The molecule has 3 aliphatic heterocycles. The second kappa shape index (κ2) is 11.5. The van der Waals surface area contributed by atoms with Crippen molar-refractivity contribution < 1.29 is 14.3 Å². The van der Waals surface area contributed by atoms with Gasteiger partial charge in [0.15, 0.2) is 0 Å². The van der Waals surface area contributed by atoms with Gasteiger partial charge in [-0.2, -0.15) is 20.3 Å². The fourth-order valence-corrected chi connectivity index (χ4v) is 6.41. The van der Waals surface area contributed by atoms with E-state index in [2.05, 4.69) is 52.7 Å². The number of carbonyl (C=O) groups is 1. The first-order valence-corrected chi connectivity index (χ1v) is 14.3. The summed E-state index contributed by atoms with van der Waals surface area (Å²) >= 11 is 0. The number of anilines is 1. The van der Waals surface area contributed by atoms with Crippen LogP contribution in [0.4, 0.5) is 5.82 Å². The zero-order valence-corrected chi connectivity index (χ0v) is 23.7. The monoisotopic (exact) mass is 556 g/mol. The third kappa shape index (κ3) is 5.25. The van der Waals surface area contributed by atoms with Crippen LogP contribution >= 0.6 is 0 Å². The predicted molar refractivity (Wildman–Crippen MR) is 153 cm³/mol. The Morgan fingerprint density at radius 2 is 2.17 bits per heavy atom. The van der Waals surface area contributed by atoms with Gasteiger partial charge < -0.3 is 24.2 Å². The van der Waals surface area contributed by atoms with E-state index in [-0.39, 0.29) is 24.5 Å². The summed E-state index contributed by atoms with van der Waals surface area (Å²) in [6.45, 7) is 9.22. The second-order valence-corrected chi connectivity index (χ2v) is 11.2. The van der Waals surface area contributed by atoms with Crippen LogP contribution in [0.25, 0.3) is 10.9 Å². The molecule has 1 N–H and O–H groups in total. The number of nitriles is 1. The number of rotatable bonds is 7. The molecule has 1 amide bonds. The number of nitrogens with one attached hydrogen (secondary N) is 1. The average molecular weight is 557 g/mol. The molecule has 2 aromatic heterocycles. The number of aryl methyl sites for hydroxylation is 1. The predicted octanol–water partition coefficient (Wildman–Crippen LogP) is 3.07. The molecule has 0 spiro atoms. The van der Waals surface area contributed by atoms with E-state index in [0.717, 1.165) is 58.5 Å². The van der Waals surface area contributed by atoms with Crippen LogP contribution in [-0.4, -0.2) is 87.8 Å². The van der Waals surface area contributed by atoms with Gasteiger partial charge in [-0.15, -0.1) is 0 Å². The van der Waals surface area contributed by atoms with E-state index >= 15 is 0 Å². The second-order valence-electron chi connectivity index (χ2n) is 11.2. The number of likely N-dealkylation sites (N-methyl/N-ethyl adjacent to an activating group) is 1. The SMILES string of the molecule is C=CC(=O)N1CCN(c2nc(OC[C@@H]3CCCN3C)nc3c2COC(c2c(C)ccc4[nH]ncc24)C3)C[C@@H]1CC#N. The van der Waals surface area contributed by atoms with Crippen molar-refractivity contribution in [2.75, 3.05) is 44.7 Å². The summed E-state index contributed by atoms with van der Waals surface area (Å²) in [5.41, 5.74) is 5.07. The number of piperazine rings is 1. The molecule has 2 fully saturated rings. The summed E-state index contributed by atoms with van der Waals surface area (Å²) in [6, 6.07) is 6.80. The number of fused-ring (bicyclic) bond motifs is 2. The van der Waals surface area contributed by atoms with E-state index in [1.807, 2.05) is 12.3 Å². The van der Waals surface area contributed by atoms with Crippen molar-refractivity contribution in [3.8, 4) is 12.1 Å². The Hall–Kier alpha value is -4.01. The number of carbonyl (C=O) groups excluding carboxylic acids is 1. The van der Waals surface area contributed by atoms with Gasteiger partial charge in [-0.3, -0.25) is 9.89 Å². The number of hydrogen-bond acceptors (Lipinski definition) is 9. The van der Waals surface area contributed by atoms with Gasteiger partial charge in [0.2, 0.25) is 5.91 Å². The molecular formula is C30H36N8O3. The van der Waals surface area contributed by atoms with Crippen molar-refractivity contribution >= 4 is 22.6 Å². The van der Waals surface area contributed by atoms with Gasteiger partial charge in [0.05, 0.1) is 48.7 Å². The molecule has 0 bridgehead atoms. The van der Waals surface area contributed by atoms with Gasteiger partial charge in [-0.05, 0) is 56.6 Å². The molecule has 1 aromatic carbocycles. The standard InChI is InChI=1S/C30H36N8O3/c1-4-27(39)38-13-12-37(16-20(38)9-10-31)29-23-18-40-26(28-19(2)7-8-24-22(28)15-32-35-24)14-25(23)33-30(34-29)41-17-21-6-5-11-36(21)3/h4,7-8,15,20-21,26H,1,5-6,9,11-14,16-18H2,2-3H3,(H,32,35)/t20-,21-,26?/m0/s1. The number of amides is 1. The fourth-order valence-electron chi connectivity index (χ4n) is 6.41. The van der Waals surface area contributed by atoms with E-state index in [1.54, 1.807) is 4.90 Å².